The Morgan fingerprint density at radius 1 is 1.10 bits per heavy atom. The number of hydrogen-bond acceptors (Lipinski definition) is 6. The van der Waals surface area contributed by atoms with Gasteiger partial charge in [-0.15, -0.1) is 5.10 Å². The number of ether oxygens (including phenoxy) is 1. The molecule has 0 radical (unpaired) electrons. The van der Waals surface area contributed by atoms with Crippen molar-refractivity contribution in [3.8, 4) is 17.1 Å². The van der Waals surface area contributed by atoms with E-state index in [9.17, 15) is 4.79 Å². The first-order valence-electron chi connectivity index (χ1n) is 9.54. The van der Waals surface area contributed by atoms with E-state index in [0.29, 0.717) is 21.1 Å². The monoisotopic (exact) mass is 406 g/mol. The highest BCUT2D eigenvalue weighted by Gasteiger charge is 2.14. The molecule has 148 valence electrons. The summed E-state index contributed by atoms with van der Waals surface area (Å²) in [6.07, 6.45) is 1.89. The maximum Gasteiger partial charge on any atom is 0.291 e. The van der Waals surface area contributed by atoms with Gasteiger partial charge in [-0.2, -0.15) is 9.50 Å². The topological polar surface area (TPSA) is 59.7 Å². The van der Waals surface area contributed by atoms with Crippen LogP contribution >= 0.6 is 11.3 Å². The third-order valence-electron chi connectivity index (χ3n) is 4.85. The lowest BCUT2D eigenvalue weighted by molar-refractivity contribution is 0.416. The number of fused-ring (bicyclic) bond motifs is 1. The van der Waals surface area contributed by atoms with E-state index in [1.165, 1.54) is 21.5 Å². The summed E-state index contributed by atoms with van der Waals surface area (Å²) in [5.41, 5.74) is 2.76. The van der Waals surface area contributed by atoms with Crippen molar-refractivity contribution in [2.75, 3.05) is 25.1 Å². The molecule has 2 aromatic carbocycles. The summed E-state index contributed by atoms with van der Waals surface area (Å²) >= 11 is 1.34. The highest BCUT2D eigenvalue weighted by molar-refractivity contribution is 7.15. The molecule has 7 heteroatoms. The van der Waals surface area contributed by atoms with Crippen LogP contribution in [0.15, 0.2) is 53.3 Å². The van der Waals surface area contributed by atoms with Gasteiger partial charge in [0.2, 0.25) is 4.96 Å². The summed E-state index contributed by atoms with van der Waals surface area (Å²) in [6, 6.07) is 15.7. The molecule has 0 fully saturated rings. The zero-order valence-electron chi connectivity index (χ0n) is 16.6. The van der Waals surface area contributed by atoms with Gasteiger partial charge in [0, 0.05) is 18.8 Å². The van der Waals surface area contributed by atoms with Crippen molar-refractivity contribution in [3.05, 3.63) is 69.0 Å². The first-order valence-corrected chi connectivity index (χ1v) is 10.4. The number of thiazole rings is 1. The Kier molecular flexibility index (Phi) is 5.31. The molecule has 0 unspecified atom stereocenters. The minimum absolute atomic E-state index is 0.161. The Balaban J connectivity index is 1.70. The fourth-order valence-electron chi connectivity index (χ4n) is 3.30. The first-order chi connectivity index (χ1) is 14.1. The van der Waals surface area contributed by atoms with Gasteiger partial charge < -0.3 is 9.64 Å². The van der Waals surface area contributed by atoms with E-state index < -0.39 is 0 Å². The van der Waals surface area contributed by atoms with Crippen LogP contribution in [0, 0.1) is 0 Å². The maximum absolute atomic E-state index is 12.8. The van der Waals surface area contributed by atoms with E-state index in [1.807, 2.05) is 42.5 Å². The van der Waals surface area contributed by atoms with Crippen molar-refractivity contribution in [3.63, 3.8) is 0 Å². The Morgan fingerprint density at radius 3 is 2.48 bits per heavy atom. The molecule has 29 heavy (non-hydrogen) atoms. The maximum atomic E-state index is 12.8. The van der Waals surface area contributed by atoms with Crippen LogP contribution in [-0.2, 0) is 0 Å². The highest BCUT2D eigenvalue weighted by Crippen LogP contribution is 2.27. The number of anilines is 1. The zero-order chi connectivity index (χ0) is 20.4. The SMILES string of the molecule is CCN(CC)c1ccc(/C=c2\sc3nc(-c4ccccc4OC)nn3c2=O)cc1. The molecule has 6 nitrogen and oxygen atoms in total. The lowest BCUT2D eigenvalue weighted by atomic mass is 10.2. The van der Waals surface area contributed by atoms with Crippen LogP contribution in [-0.4, -0.2) is 34.8 Å². The molecule has 0 bridgehead atoms. The number of hydrogen-bond donors (Lipinski definition) is 0. The average Bonchev–Trinajstić information content (AvgIpc) is 3.29. The quantitative estimate of drug-likeness (QED) is 0.492. The number of aromatic nitrogens is 3. The molecule has 0 aliphatic rings. The third kappa shape index (κ3) is 3.61. The Bertz CT molecular complexity index is 1240. The summed E-state index contributed by atoms with van der Waals surface area (Å²) < 4.78 is 7.35. The smallest absolute Gasteiger partial charge is 0.291 e. The van der Waals surface area contributed by atoms with Gasteiger partial charge in [0.05, 0.1) is 17.2 Å². The molecular weight excluding hydrogens is 384 g/mol. The number of para-hydroxylation sites is 1. The normalized spacial score (nSPS) is 11.9. The Labute approximate surface area is 172 Å². The molecule has 0 aliphatic heterocycles. The van der Waals surface area contributed by atoms with Crippen LogP contribution in [0.2, 0.25) is 0 Å². The molecule has 2 heterocycles. The second-order valence-corrected chi connectivity index (χ2v) is 7.52. The second-order valence-electron chi connectivity index (χ2n) is 6.51. The van der Waals surface area contributed by atoms with Crippen molar-refractivity contribution in [2.24, 2.45) is 0 Å². The molecule has 0 saturated carbocycles. The number of benzene rings is 2. The molecular formula is C22H22N4O2S. The van der Waals surface area contributed by atoms with Crippen molar-refractivity contribution in [1.29, 1.82) is 0 Å². The van der Waals surface area contributed by atoms with Crippen LogP contribution < -0.4 is 19.7 Å². The lowest BCUT2D eigenvalue weighted by Crippen LogP contribution is -2.23. The van der Waals surface area contributed by atoms with Crippen LogP contribution in [0.4, 0.5) is 5.69 Å². The van der Waals surface area contributed by atoms with Gasteiger partial charge in [-0.1, -0.05) is 35.6 Å². The van der Waals surface area contributed by atoms with E-state index >= 15 is 0 Å². The van der Waals surface area contributed by atoms with Gasteiger partial charge in [-0.05, 0) is 49.8 Å². The van der Waals surface area contributed by atoms with Crippen LogP contribution in [0.1, 0.15) is 19.4 Å². The zero-order valence-corrected chi connectivity index (χ0v) is 17.4. The van der Waals surface area contributed by atoms with E-state index in [-0.39, 0.29) is 5.56 Å². The Morgan fingerprint density at radius 2 is 1.83 bits per heavy atom. The average molecular weight is 407 g/mol. The van der Waals surface area contributed by atoms with E-state index in [0.717, 1.165) is 24.2 Å². The van der Waals surface area contributed by atoms with Gasteiger partial charge in [0.25, 0.3) is 5.56 Å². The van der Waals surface area contributed by atoms with Crippen molar-refractivity contribution >= 4 is 28.1 Å². The van der Waals surface area contributed by atoms with E-state index in [1.54, 1.807) is 7.11 Å². The molecule has 4 aromatic rings. The van der Waals surface area contributed by atoms with Crippen molar-refractivity contribution in [2.45, 2.75) is 13.8 Å². The van der Waals surface area contributed by atoms with Crippen molar-refractivity contribution < 1.29 is 4.74 Å². The standard InChI is InChI=1S/C22H22N4O2S/c1-4-25(5-2)16-12-10-15(11-13-16)14-19-21(27)26-22(29-19)23-20(24-26)17-8-6-7-9-18(17)28-3/h6-14H,4-5H2,1-3H3/b19-14-. The van der Waals surface area contributed by atoms with Gasteiger partial charge >= 0.3 is 0 Å². The number of rotatable bonds is 6. The summed E-state index contributed by atoms with van der Waals surface area (Å²) in [7, 11) is 1.61. The molecule has 4 rings (SSSR count). The molecule has 0 N–H and O–H groups in total. The molecule has 0 atom stereocenters. The Hall–Kier alpha value is -3.19. The van der Waals surface area contributed by atoms with Gasteiger partial charge in [-0.25, -0.2) is 0 Å². The fraction of sp³-hybridized carbons (Fsp3) is 0.227. The van der Waals surface area contributed by atoms with Crippen LogP contribution in [0.25, 0.3) is 22.4 Å². The van der Waals surface area contributed by atoms with E-state index in [4.69, 9.17) is 4.74 Å². The minimum Gasteiger partial charge on any atom is -0.496 e. The summed E-state index contributed by atoms with van der Waals surface area (Å²) in [6.45, 7) is 6.21. The molecule has 0 aliphatic carbocycles. The molecule has 0 amide bonds. The summed E-state index contributed by atoms with van der Waals surface area (Å²) in [5.74, 6) is 1.17. The van der Waals surface area contributed by atoms with Gasteiger partial charge in [0.1, 0.15) is 5.75 Å². The van der Waals surface area contributed by atoms with Crippen LogP contribution in [0.3, 0.4) is 0 Å². The number of nitrogens with zero attached hydrogens (tertiary/aromatic N) is 4. The van der Waals surface area contributed by atoms with Gasteiger partial charge in [0.15, 0.2) is 5.82 Å². The molecule has 0 spiro atoms. The molecule has 0 saturated heterocycles. The highest BCUT2D eigenvalue weighted by atomic mass is 32.1. The predicted octanol–water partition coefficient (Wildman–Crippen LogP) is 3.22. The minimum atomic E-state index is -0.161. The first kappa shape index (κ1) is 19.1. The summed E-state index contributed by atoms with van der Waals surface area (Å²) in [5, 5.41) is 4.41. The van der Waals surface area contributed by atoms with Crippen LogP contribution in [0.5, 0.6) is 5.75 Å². The second kappa shape index (κ2) is 8.05. The summed E-state index contributed by atoms with van der Waals surface area (Å²) in [4.78, 5) is 20.2. The van der Waals surface area contributed by atoms with Gasteiger partial charge in [-0.3, -0.25) is 4.79 Å². The van der Waals surface area contributed by atoms with E-state index in [2.05, 4.69) is 41.0 Å². The number of methoxy groups -OCH3 is 1. The third-order valence-corrected chi connectivity index (χ3v) is 5.81. The lowest BCUT2D eigenvalue weighted by Gasteiger charge is -2.20. The predicted molar refractivity (Wildman–Crippen MR) is 118 cm³/mol. The van der Waals surface area contributed by atoms with Crippen molar-refractivity contribution in [1.82, 2.24) is 14.6 Å². The largest absolute Gasteiger partial charge is 0.496 e. The molecule has 2 aromatic heterocycles. The fourth-order valence-corrected chi connectivity index (χ4v) is 4.21.